The molecule has 3 N–H and O–H groups in total. The van der Waals surface area contributed by atoms with Crippen LogP contribution < -0.4 is 0 Å². The number of aliphatic hydroxyl groups excluding tert-OH is 1. The number of ether oxygens (including phenoxy) is 4. The molecule has 0 aromatic carbocycles. The summed E-state index contributed by atoms with van der Waals surface area (Å²) in [5.74, 6) is -2.19. The van der Waals surface area contributed by atoms with Crippen molar-refractivity contribution in [1.82, 2.24) is 0 Å². The van der Waals surface area contributed by atoms with Crippen LogP contribution in [-0.2, 0) is 65.4 Å². The molecule has 0 aliphatic heterocycles. The zero-order valence-corrected chi connectivity index (χ0v) is 68.0. The van der Waals surface area contributed by atoms with E-state index in [-0.39, 0.29) is 25.7 Å². The molecule has 0 saturated heterocycles. The predicted molar refractivity (Wildman–Crippen MR) is 427 cm³/mol. The van der Waals surface area contributed by atoms with Crippen LogP contribution in [0.25, 0.3) is 0 Å². The van der Waals surface area contributed by atoms with Crippen molar-refractivity contribution in [2.24, 2.45) is 0 Å². The fraction of sp³-hybridized carbons (Fsp3) is 0.788. The minimum Gasteiger partial charge on any atom is -0.462 e. The fourth-order valence-electron chi connectivity index (χ4n) is 11.5. The molecule has 0 bridgehead atoms. The summed E-state index contributed by atoms with van der Waals surface area (Å²) in [6.07, 6.45) is 81.1. The first-order valence-corrected chi connectivity index (χ1v) is 44.8. The predicted octanol–water partition coefficient (Wildman–Crippen LogP) is 24.6. The second kappa shape index (κ2) is 77.4. The number of hydrogen-bond donors (Lipinski definition) is 3. The summed E-state index contributed by atoms with van der Waals surface area (Å²) in [6.45, 7) is 4.77. The topological polar surface area (TPSA) is 237 Å². The number of esters is 4. The molecule has 104 heavy (non-hydrogen) atoms. The lowest BCUT2D eigenvalue weighted by Gasteiger charge is -2.21. The van der Waals surface area contributed by atoms with E-state index in [0.717, 1.165) is 154 Å². The van der Waals surface area contributed by atoms with Gasteiger partial charge in [0.1, 0.15) is 19.3 Å². The number of phosphoric acid groups is 2. The SMILES string of the molecule is CC/C=C\C/C=C\C/C=C\C/C=C\C/C=C\CCCCCC(=O)O[C@H](COC(=O)CCCCCCCCC/C=C\CCCCCC)COP(=O)(O)OC[C@@H](O)COP(=O)(O)OC[C@@H](COC(=O)CCCCCCCCC/C=C\CCCCCC)OC(=O)CCCCCCCCCCCCCCCCC. The molecule has 0 amide bonds. The van der Waals surface area contributed by atoms with Crippen molar-refractivity contribution in [3.05, 3.63) is 85.1 Å². The average Bonchev–Trinajstić information content (AvgIpc) is 0.943. The third kappa shape index (κ3) is 76.4. The number of rotatable bonds is 79. The van der Waals surface area contributed by atoms with E-state index in [1.165, 1.54) is 141 Å². The third-order valence-electron chi connectivity index (χ3n) is 17.8. The number of aliphatic hydroxyl groups is 1. The van der Waals surface area contributed by atoms with Gasteiger partial charge in [-0.1, -0.05) is 312 Å². The summed E-state index contributed by atoms with van der Waals surface area (Å²) in [6, 6.07) is 0. The quantitative estimate of drug-likeness (QED) is 0.0169. The van der Waals surface area contributed by atoms with E-state index in [1.807, 2.05) is 0 Å². The summed E-state index contributed by atoms with van der Waals surface area (Å²) >= 11 is 0. The molecule has 19 heteroatoms. The van der Waals surface area contributed by atoms with Gasteiger partial charge < -0.3 is 33.8 Å². The van der Waals surface area contributed by atoms with Gasteiger partial charge in [-0.2, -0.15) is 0 Å². The Bertz CT molecular complexity index is 2300. The molecular formula is C85H152O17P2. The Kier molecular flexibility index (Phi) is 74.6. The maximum absolute atomic E-state index is 13.1. The van der Waals surface area contributed by atoms with E-state index in [4.69, 9.17) is 37.0 Å². The second-order valence-corrected chi connectivity index (χ2v) is 30.9. The highest BCUT2D eigenvalue weighted by molar-refractivity contribution is 7.47. The molecule has 0 radical (unpaired) electrons. The lowest BCUT2D eigenvalue weighted by Crippen LogP contribution is -2.30. The molecule has 17 nitrogen and oxygen atoms in total. The molecule has 0 aliphatic rings. The third-order valence-corrected chi connectivity index (χ3v) is 19.7. The summed E-state index contributed by atoms with van der Waals surface area (Å²) < 4.78 is 68.7. The molecule has 0 aromatic heterocycles. The van der Waals surface area contributed by atoms with Crippen LogP contribution in [0.4, 0.5) is 0 Å². The zero-order chi connectivity index (χ0) is 76.0. The molecule has 0 aliphatic carbocycles. The van der Waals surface area contributed by atoms with Crippen molar-refractivity contribution >= 4 is 39.5 Å². The standard InChI is InChI=1S/C85H152O17P2/c1-5-9-13-17-21-25-29-33-37-38-39-40-44-48-52-56-60-64-68-72-85(90)102-81(76-96-83(88)70-66-62-58-54-50-46-42-35-31-27-23-19-15-11-7-3)78-100-104(93,94)98-74-79(86)73-97-103(91,92)99-77-80(101-84(89)71-67-63-59-55-51-47-43-36-32-28-24-20-16-12-8-4)75-95-82(87)69-65-61-57-53-49-45-41-34-30-26-22-18-14-10-6-2/h9,13,21,25-27,30-31,33,37,39-40,48,52,79-81,86H,5-8,10-12,14-20,22-24,28-29,32,34-36,38,41-47,49-51,53-78H2,1-4H3,(H,91,92)(H,93,94)/b13-9-,25-21-,30-26-,31-27-,37-33-,40-39-,52-48-/t79-,80+,81+/m0/s1. The van der Waals surface area contributed by atoms with Crippen LogP contribution in [0.1, 0.15) is 374 Å². The van der Waals surface area contributed by atoms with Crippen LogP contribution >= 0.6 is 15.6 Å². The van der Waals surface area contributed by atoms with Crippen molar-refractivity contribution in [3.63, 3.8) is 0 Å². The van der Waals surface area contributed by atoms with Gasteiger partial charge in [0.05, 0.1) is 26.4 Å². The maximum atomic E-state index is 13.1. The average molecular weight is 1510 g/mol. The molecule has 5 atom stereocenters. The Balaban J connectivity index is 5.38. The minimum absolute atomic E-state index is 0.0567. The molecule has 0 rings (SSSR count). The van der Waals surface area contributed by atoms with Crippen molar-refractivity contribution in [1.29, 1.82) is 0 Å². The van der Waals surface area contributed by atoms with Crippen LogP contribution in [0.3, 0.4) is 0 Å². The smallest absolute Gasteiger partial charge is 0.462 e. The van der Waals surface area contributed by atoms with E-state index in [0.29, 0.717) is 25.7 Å². The Morgan fingerprint density at radius 1 is 0.279 bits per heavy atom. The van der Waals surface area contributed by atoms with Gasteiger partial charge >= 0.3 is 39.5 Å². The van der Waals surface area contributed by atoms with Crippen LogP contribution in [-0.4, -0.2) is 96.7 Å². The van der Waals surface area contributed by atoms with Crippen LogP contribution in [0, 0.1) is 0 Å². The first-order valence-electron chi connectivity index (χ1n) is 41.8. The van der Waals surface area contributed by atoms with Crippen LogP contribution in [0.2, 0.25) is 0 Å². The zero-order valence-electron chi connectivity index (χ0n) is 66.2. The normalized spacial score (nSPS) is 14.3. The number of unbranched alkanes of at least 4 members (excludes halogenated alkanes) is 39. The summed E-state index contributed by atoms with van der Waals surface area (Å²) in [5, 5.41) is 10.7. The Labute approximate surface area is 634 Å². The fourth-order valence-corrected chi connectivity index (χ4v) is 13.1. The van der Waals surface area contributed by atoms with E-state index in [1.54, 1.807) is 0 Å². The molecule has 0 aromatic rings. The monoisotopic (exact) mass is 1510 g/mol. The molecule has 0 spiro atoms. The number of carbonyl (C=O) groups excluding carboxylic acids is 4. The molecular weight excluding hydrogens is 1350 g/mol. The Morgan fingerprint density at radius 3 is 0.798 bits per heavy atom. The van der Waals surface area contributed by atoms with Crippen molar-refractivity contribution in [2.75, 3.05) is 39.6 Å². The molecule has 2 unspecified atom stereocenters. The van der Waals surface area contributed by atoms with Crippen molar-refractivity contribution in [2.45, 2.75) is 393 Å². The van der Waals surface area contributed by atoms with Crippen molar-refractivity contribution in [3.8, 4) is 0 Å². The summed E-state index contributed by atoms with van der Waals surface area (Å²) in [5.41, 5.74) is 0. The first-order chi connectivity index (χ1) is 50.7. The number of phosphoric ester groups is 2. The van der Waals surface area contributed by atoms with Gasteiger partial charge in [0.25, 0.3) is 0 Å². The van der Waals surface area contributed by atoms with Gasteiger partial charge in [0.2, 0.25) is 0 Å². The Morgan fingerprint density at radius 2 is 0.500 bits per heavy atom. The van der Waals surface area contributed by atoms with Gasteiger partial charge in [-0.15, -0.1) is 0 Å². The number of carbonyl (C=O) groups is 4. The van der Waals surface area contributed by atoms with E-state index < -0.39 is 97.5 Å². The highest BCUT2D eigenvalue weighted by atomic mass is 31.2. The molecule has 0 fully saturated rings. The Hall–Kier alpha value is -3.76. The van der Waals surface area contributed by atoms with Crippen LogP contribution in [0.5, 0.6) is 0 Å². The lowest BCUT2D eigenvalue weighted by molar-refractivity contribution is -0.161. The van der Waals surface area contributed by atoms with Gasteiger partial charge in [0, 0.05) is 25.7 Å². The minimum atomic E-state index is -4.99. The van der Waals surface area contributed by atoms with Crippen molar-refractivity contribution < 1.29 is 80.2 Å². The first kappa shape index (κ1) is 100. The molecule has 604 valence electrons. The van der Waals surface area contributed by atoms with Crippen LogP contribution in [0.15, 0.2) is 85.1 Å². The van der Waals surface area contributed by atoms with E-state index in [9.17, 15) is 43.2 Å². The van der Waals surface area contributed by atoms with Gasteiger partial charge in [-0.05, 0) is 122 Å². The largest absolute Gasteiger partial charge is 0.472 e. The summed E-state index contributed by atoms with van der Waals surface area (Å²) in [7, 11) is -9.96. The number of allylic oxidation sites excluding steroid dienone is 14. The lowest BCUT2D eigenvalue weighted by atomic mass is 10.0. The van der Waals surface area contributed by atoms with Gasteiger partial charge in [-0.25, -0.2) is 9.13 Å². The molecule has 0 saturated carbocycles. The highest BCUT2D eigenvalue weighted by Crippen LogP contribution is 2.45. The second-order valence-electron chi connectivity index (χ2n) is 28.0. The maximum Gasteiger partial charge on any atom is 0.472 e. The highest BCUT2D eigenvalue weighted by Gasteiger charge is 2.30. The van der Waals surface area contributed by atoms with Gasteiger partial charge in [0.15, 0.2) is 12.2 Å². The molecule has 0 heterocycles. The van der Waals surface area contributed by atoms with Gasteiger partial charge in [-0.3, -0.25) is 37.3 Å². The number of hydrogen-bond acceptors (Lipinski definition) is 15. The summed E-state index contributed by atoms with van der Waals surface area (Å²) in [4.78, 5) is 73.1. The van der Waals surface area contributed by atoms with E-state index >= 15 is 0 Å². The van der Waals surface area contributed by atoms with E-state index in [2.05, 4.69) is 113 Å².